The van der Waals surface area contributed by atoms with Crippen molar-refractivity contribution >= 4 is 0 Å². The maximum atomic E-state index is 3.71. The van der Waals surface area contributed by atoms with Crippen molar-refractivity contribution in [3.8, 4) is 0 Å². The minimum atomic E-state index is 0.488. The summed E-state index contributed by atoms with van der Waals surface area (Å²) in [6.07, 6.45) is 7.16. The number of fused-ring (bicyclic) bond motifs is 1. The van der Waals surface area contributed by atoms with E-state index in [0.29, 0.717) is 10.8 Å². The molecule has 1 nitrogen and oxygen atoms in total. The van der Waals surface area contributed by atoms with Crippen LogP contribution in [0.25, 0.3) is 0 Å². The quantitative estimate of drug-likeness (QED) is 0.606. The highest BCUT2D eigenvalue weighted by Crippen LogP contribution is 2.53. The van der Waals surface area contributed by atoms with E-state index in [1.165, 1.54) is 38.6 Å². The molecule has 0 amide bonds. The van der Waals surface area contributed by atoms with Crippen molar-refractivity contribution in [3.63, 3.8) is 0 Å². The van der Waals surface area contributed by atoms with Gasteiger partial charge in [0.2, 0.25) is 0 Å². The summed E-state index contributed by atoms with van der Waals surface area (Å²) < 4.78 is 0. The first-order valence-corrected chi connectivity index (χ1v) is 5.80. The van der Waals surface area contributed by atoms with Crippen LogP contribution >= 0.6 is 0 Å². The Morgan fingerprint density at radius 3 is 2.54 bits per heavy atom. The molecule has 1 saturated carbocycles. The molecule has 1 heteroatoms. The molecule has 0 radical (unpaired) electrons. The molecule has 0 aromatic heterocycles. The van der Waals surface area contributed by atoms with Gasteiger partial charge < -0.3 is 5.32 Å². The van der Waals surface area contributed by atoms with Gasteiger partial charge in [0.05, 0.1) is 0 Å². The fraction of sp³-hybridized carbons (Fsp3) is 1.00. The van der Waals surface area contributed by atoms with Gasteiger partial charge in [0, 0.05) is 6.04 Å². The van der Waals surface area contributed by atoms with Gasteiger partial charge in [-0.25, -0.2) is 0 Å². The molecule has 0 aromatic rings. The van der Waals surface area contributed by atoms with Gasteiger partial charge >= 0.3 is 0 Å². The zero-order valence-electron chi connectivity index (χ0n) is 9.32. The Labute approximate surface area is 82.3 Å². The number of hydrogen-bond acceptors (Lipinski definition) is 1. The average Bonchev–Trinajstić information content (AvgIpc) is 2.46. The van der Waals surface area contributed by atoms with E-state index in [-0.39, 0.29) is 0 Å². The summed E-state index contributed by atoms with van der Waals surface area (Å²) >= 11 is 0. The van der Waals surface area contributed by atoms with E-state index in [9.17, 15) is 0 Å². The molecule has 2 atom stereocenters. The van der Waals surface area contributed by atoms with Gasteiger partial charge in [-0.2, -0.15) is 0 Å². The van der Waals surface area contributed by atoms with Crippen LogP contribution in [-0.2, 0) is 0 Å². The van der Waals surface area contributed by atoms with E-state index in [1.807, 2.05) is 0 Å². The van der Waals surface area contributed by atoms with Gasteiger partial charge in [-0.05, 0) is 36.6 Å². The highest BCUT2D eigenvalue weighted by molar-refractivity contribution is 5.05. The molecule has 1 heterocycles. The molecule has 13 heavy (non-hydrogen) atoms. The third kappa shape index (κ3) is 1.32. The van der Waals surface area contributed by atoms with E-state index < -0.39 is 0 Å². The summed E-state index contributed by atoms with van der Waals surface area (Å²) in [6, 6.07) is 0.821. The number of rotatable bonds is 0. The van der Waals surface area contributed by atoms with Crippen molar-refractivity contribution in [2.45, 2.75) is 58.9 Å². The molecular weight excluding hydrogens is 158 g/mol. The van der Waals surface area contributed by atoms with Gasteiger partial charge in [0.1, 0.15) is 0 Å². The van der Waals surface area contributed by atoms with Crippen molar-refractivity contribution in [1.82, 2.24) is 5.32 Å². The average molecular weight is 181 g/mol. The highest BCUT2D eigenvalue weighted by atomic mass is 15.0. The smallest absolute Gasteiger partial charge is 0.0129 e. The molecule has 2 aliphatic rings. The van der Waals surface area contributed by atoms with Crippen LogP contribution in [0, 0.1) is 10.8 Å². The van der Waals surface area contributed by atoms with Crippen LogP contribution in [0.5, 0.6) is 0 Å². The van der Waals surface area contributed by atoms with Crippen molar-refractivity contribution in [1.29, 1.82) is 0 Å². The Balaban J connectivity index is 2.26. The Hall–Kier alpha value is -0.0400. The molecule has 1 aliphatic heterocycles. The fourth-order valence-corrected chi connectivity index (χ4v) is 3.58. The first kappa shape index (κ1) is 9.51. The largest absolute Gasteiger partial charge is 0.313 e. The van der Waals surface area contributed by atoms with Crippen LogP contribution in [0.1, 0.15) is 52.9 Å². The zero-order chi connectivity index (χ0) is 9.53. The minimum absolute atomic E-state index is 0.488. The molecule has 0 spiro atoms. The number of nitrogens with one attached hydrogen (secondary N) is 1. The Morgan fingerprint density at radius 1 is 1.15 bits per heavy atom. The molecule has 1 saturated heterocycles. The lowest BCUT2D eigenvalue weighted by molar-refractivity contribution is 0.0327. The predicted molar refractivity (Wildman–Crippen MR) is 56.8 cm³/mol. The summed E-state index contributed by atoms with van der Waals surface area (Å²) in [4.78, 5) is 0. The summed E-state index contributed by atoms with van der Waals surface area (Å²) in [5.41, 5.74) is 1.10. The predicted octanol–water partition coefficient (Wildman–Crippen LogP) is 2.95. The van der Waals surface area contributed by atoms with Crippen molar-refractivity contribution in [3.05, 3.63) is 0 Å². The first-order valence-electron chi connectivity index (χ1n) is 5.80. The topological polar surface area (TPSA) is 12.0 Å². The first-order chi connectivity index (χ1) is 6.06. The lowest BCUT2D eigenvalue weighted by Crippen LogP contribution is -2.47. The van der Waals surface area contributed by atoms with E-state index in [4.69, 9.17) is 0 Å². The zero-order valence-corrected chi connectivity index (χ0v) is 9.32. The molecular formula is C12H23N. The van der Waals surface area contributed by atoms with Crippen molar-refractivity contribution in [2.75, 3.05) is 6.54 Å². The maximum Gasteiger partial charge on any atom is 0.0129 e. The molecule has 0 aromatic carbocycles. The Kier molecular flexibility index (Phi) is 2.18. The summed E-state index contributed by atoms with van der Waals surface area (Å²) in [6.45, 7) is 8.54. The van der Waals surface area contributed by atoms with Crippen LogP contribution in [0.4, 0.5) is 0 Å². The molecule has 2 unspecified atom stereocenters. The molecule has 2 rings (SSSR count). The van der Waals surface area contributed by atoms with E-state index in [2.05, 4.69) is 26.1 Å². The fourth-order valence-electron chi connectivity index (χ4n) is 3.58. The van der Waals surface area contributed by atoms with Gasteiger partial charge in [0.25, 0.3) is 0 Å². The lowest BCUT2D eigenvalue weighted by Gasteiger charge is -2.49. The van der Waals surface area contributed by atoms with Gasteiger partial charge in [-0.1, -0.05) is 33.6 Å². The molecule has 2 fully saturated rings. The van der Waals surface area contributed by atoms with Gasteiger partial charge in [-0.15, -0.1) is 0 Å². The van der Waals surface area contributed by atoms with Crippen LogP contribution < -0.4 is 5.32 Å². The summed E-state index contributed by atoms with van der Waals surface area (Å²) in [7, 11) is 0. The second-order valence-electron chi connectivity index (χ2n) is 5.91. The third-order valence-corrected chi connectivity index (χ3v) is 4.49. The van der Waals surface area contributed by atoms with Crippen LogP contribution in [0.2, 0.25) is 0 Å². The minimum Gasteiger partial charge on any atom is -0.313 e. The second kappa shape index (κ2) is 2.98. The van der Waals surface area contributed by atoms with E-state index in [0.717, 1.165) is 6.04 Å². The Morgan fingerprint density at radius 2 is 1.92 bits per heavy atom. The third-order valence-electron chi connectivity index (χ3n) is 4.49. The summed E-state index contributed by atoms with van der Waals surface area (Å²) in [5, 5.41) is 3.71. The SMILES string of the molecule is CC(C)(C)C12CCCCC1NCC2. The maximum absolute atomic E-state index is 3.71. The second-order valence-corrected chi connectivity index (χ2v) is 5.91. The lowest BCUT2D eigenvalue weighted by atomic mass is 9.57. The van der Waals surface area contributed by atoms with Gasteiger partial charge in [-0.3, -0.25) is 0 Å². The highest BCUT2D eigenvalue weighted by Gasteiger charge is 2.51. The molecule has 1 N–H and O–H groups in total. The molecule has 76 valence electrons. The van der Waals surface area contributed by atoms with E-state index >= 15 is 0 Å². The normalized spacial score (nSPS) is 40.4. The van der Waals surface area contributed by atoms with Crippen molar-refractivity contribution < 1.29 is 0 Å². The van der Waals surface area contributed by atoms with Gasteiger partial charge in [0.15, 0.2) is 0 Å². The number of hydrogen-bond donors (Lipinski definition) is 1. The summed E-state index contributed by atoms with van der Waals surface area (Å²) in [5.74, 6) is 0. The standard InChI is InChI=1S/C12H23N/c1-11(2,3)12-7-5-4-6-10(12)13-9-8-12/h10,13H,4-9H2,1-3H3. The Bertz CT molecular complexity index is 192. The van der Waals surface area contributed by atoms with Crippen LogP contribution in [-0.4, -0.2) is 12.6 Å². The van der Waals surface area contributed by atoms with E-state index in [1.54, 1.807) is 0 Å². The molecule has 1 aliphatic carbocycles. The van der Waals surface area contributed by atoms with Crippen molar-refractivity contribution in [2.24, 2.45) is 10.8 Å². The van der Waals surface area contributed by atoms with Crippen LogP contribution in [0.3, 0.4) is 0 Å². The van der Waals surface area contributed by atoms with Crippen LogP contribution in [0.15, 0.2) is 0 Å². The monoisotopic (exact) mass is 181 g/mol. The molecule has 0 bridgehead atoms.